The average Bonchev–Trinajstić information content (AvgIpc) is 2.44. The summed E-state index contributed by atoms with van der Waals surface area (Å²) < 4.78 is 0. The first-order valence-corrected chi connectivity index (χ1v) is 7.41. The van der Waals surface area contributed by atoms with Crippen molar-refractivity contribution in [2.75, 3.05) is 0 Å². The van der Waals surface area contributed by atoms with Gasteiger partial charge >= 0.3 is 0 Å². The minimum atomic E-state index is 1.25. The first-order chi connectivity index (χ1) is 7.41. The molecule has 0 nitrogen and oxygen atoms in total. The van der Waals surface area contributed by atoms with Gasteiger partial charge in [0.15, 0.2) is 0 Å². The summed E-state index contributed by atoms with van der Waals surface area (Å²) >= 11 is 0. The van der Waals surface area contributed by atoms with Gasteiger partial charge in [0.1, 0.15) is 0 Å². The number of rotatable bonds is 0. The molecule has 0 aliphatic rings. The quantitative estimate of drug-likeness (QED) is 0.398. The van der Waals surface area contributed by atoms with Crippen LogP contribution in [0.3, 0.4) is 0 Å². The maximum absolute atomic E-state index is 2.12. The van der Waals surface area contributed by atoms with Crippen molar-refractivity contribution >= 4 is 0 Å². The Morgan fingerprint density at radius 1 is 0.333 bits per heavy atom. The molecule has 0 aliphatic heterocycles. The molecule has 0 heterocycles. The summed E-state index contributed by atoms with van der Waals surface area (Å²) in [5, 5.41) is 0. The Kier molecular flexibility index (Phi) is 7250. The molecular weight excluding hydrogens is 180 g/mol. The zero-order valence-corrected chi connectivity index (χ0v) is 14.7. The summed E-state index contributed by atoms with van der Waals surface area (Å²) in [6.45, 7) is 28.2. The Hall–Kier alpha value is 0. The first kappa shape index (κ1) is 45.9. The number of hydrogen-bond donors (Lipinski definition) is 0. The Bertz CT molecular complexity index is 0. The van der Waals surface area contributed by atoms with Crippen LogP contribution < -0.4 is 0 Å². The summed E-state index contributed by atoms with van der Waals surface area (Å²) in [4.78, 5) is 0. The van der Waals surface area contributed by atoms with Gasteiger partial charge in [-0.25, -0.2) is 0 Å². The summed E-state index contributed by atoms with van der Waals surface area (Å²) in [6, 6.07) is 0. The van der Waals surface area contributed by atoms with Crippen LogP contribution in [0.4, 0.5) is 0 Å². The molecule has 0 aromatic rings. The van der Waals surface area contributed by atoms with Gasteiger partial charge in [-0.05, 0) is 0 Å². The van der Waals surface area contributed by atoms with Crippen LogP contribution >= 0.6 is 0 Å². The molecule has 0 amide bonds. The fraction of sp³-hybridized carbons (Fsp3) is 1.00. The van der Waals surface area contributed by atoms with Gasteiger partial charge in [0, 0.05) is 0 Å². The van der Waals surface area contributed by atoms with Gasteiger partial charge in [-0.1, -0.05) is 103 Å². The molecule has 0 aromatic heterocycles. The highest BCUT2D eigenvalue weighted by molar-refractivity contribution is 3.92. The van der Waals surface area contributed by atoms with E-state index in [9.17, 15) is 0 Å². The van der Waals surface area contributed by atoms with E-state index in [-0.39, 0.29) is 0 Å². The van der Waals surface area contributed by atoms with Gasteiger partial charge in [-0.3, -0.25) is 0 Å². The van der Waals surface area contributed by atoms with Gasteiger partial charge < -0.3 is 0 Å². The minimum absolute atomic E-state index is 1.25. The molecule has 0 heteroatoms. The van der Waals surface area contributed by atoms with Gasteiger partial charge in [-0.2, -0.15) is 0 Å². The van der Waals surface area contributed by atoms with Crippen LogP contribution in [0.15, 0.2) is 0 Å². The smallest absolute Gasteiger partial charge is 0.0590 e. The van der Waals surface area contributed by atoms with Crippen molar-refractivity contribution < 1.29 is 0 Å². The lowest BCUT2D eigenvalue weighted by Gasteiger charge is -1.48. The van der Waals surface area contributed by atoms with Crippen LogP contribution in [0, 0.1) is 0 Å². The van der Waals surface area contributed by atoms with Gasteiger partial charge in [0.05, 0.1) is 0 Å². The standard InChI is InChI=1S/C3H8.6C2H6/c1-3-2;6*1-2/h3H2,1-2H3;6*1-2H3. The van der Waals surface area contributed by atoms with Crippen LogP contribution in [-0.4, -0.2) is 0 Å². The molecule has 0 N–H and O–H groups in total. The normalized spacial score (nSPS) is 3.60. The third kappa shape index (κ3) is 0. The molecule has 0 aliphatic carbocycles. The second-order valence-corrected chi connectivity index (χ2v) is 0.707. The fourth-order valence-electron chi connectivity index (χ4n) is 0. The lowest BCUT2D eigenvalue weighted by atomic mass is 10.6. The third-order valence-electron chi connectivity index (χ3n) is 0. The predicted octanol–water partition coefficient (Wildman–Crippen LogP) is 7.57. The maximum atomic E-state index is 2.12. The second kappa shape index (κ2) is 2370. The monoisotopic (exact) mass is 224 g/mol. The second-order valence-electron chi connectivity index (χ2n) is 0.707. The third-order valence-corrected chi connectivity index (χ3v) is 0. The molecule has 0 rings (SSSR count). The molecule has 0 unspecified atom stereocenters. The lowest BCUT2D eigenvalue weighted by Crippen LogP contribution is -1.27. The molecular formula is C15H44. The van der Waals surface area contributed by atoms with Crippen LogP contribution in [0.1, 0.15) is 103 Å². The minimum Gasteiger partial charge on any atom is -0.0683 e. The Balaban J connectivity index is -0.0000000101. The largest absolute Gasteiger partial charge is 0.0683 e. The summed E-state index contributed by atoms with van der Waals surface area (Å²) in [7, 11) is 0. The topological polar surface area (TPSA) is 0 Å². The molecule has 0 spiro atoms. The highest BCUT2D eigenvalue weighted by Crippen LogP contribution is 1.56. The Labute approximate surface area is 104 Å². The van der Waals surface area contributed by atoms with Crippen LogP contribution in [0.25, 0.3) is 0 Å². The predicted molar refractivity (Wildman–Crippen MR) is 84.1 cm³/mol. The molecule has 0 aromatic carbocycles. The van der Waals surface area contributed by atoms with Gasteiger partial charge in [0.2, 0.25) is 0 Å². The summed E-state index contributed by atoms with van der Waals surface area (Å²) in [6.07, 6.45) is 1.25. The van der Waals surface area contributed by atoms with Crippen molar-refractivity contribution in [2.24, 2.45) is 0 Å². The van der Waals surface area contributed by atoms with E-state index in [1.54, 1.807) is 0 Å². The molecule has 0 radical (unpaired) electrons. The Morgan fingerprint density at radius 3 is 0.333 bits per heavy atom. The van der Waals surface area contributed by atoms with Gasteiger partial charge in [-0.15, -0.1) is 0 Å². The molecule has 104 valence electrons. The highest BCUT2D eigenvalue weighted by atomic mass is 13.4. The van der Waals surface area contributed by atoms with Gasteiger partial charge in [0.25, 0.3) is 0 Å². The van der Waals surface area contributed by atoms with E-state index in [0.717, 1.165) is 0 Å². The van der Waals surface area contributed by atoms with Crippen molar-refractivity contribution in [3.63, 3.8) is 0 Å². The lowest BCUT2D eigenvalue weighted by molar-refractivity contribution is 1.09. The van der Waals surface area contributed by atoms with E-state index in [4.69, 9.17) is 0 Å². The van der Waals surface area contributed by atoms with E-state index >= 15 is 0 Å². The fourth-order valence-corrected chi connectivity index (χ4v) is 0. The maximum Gasteiger partial charge on any atom is -0.0590 e. The van der Waals surface area contributed by atoms with Crippen LogP contribution in [0.5, 0.6) is 0 Å². The zero-order chi connectivity index (χ0) is 14.7. The first-order valence-electron chi connectivity index (χ1n) is 7.41. The SMILES string of the molecule is CC.CC.CC.CC.CC.CC.CCC. The average molecular weight is 225 g/mol. The van der Waals surface area contributed by atoms with Crippen molar-refractivity contribution in [3.8, 4) is 0 Å². The zero-order valence-electron chi connectivity index (χ0n) is 14.7. The van der Waals surface area contributed by atoms with Crippen LogP contribution in [-0.2, 0) is 0 Å². The van der Waals surface area contributed by atoms with Crippen molar-refractivity contribution in [2.45, 2.75) is 103 Å². The molecule has 0 bridgehead atoms. The van der Waals surface area contributed by atoms with Crippen LogP contribution in [0.2, 0.25) is 0 Å². The summed E-state index contributed by atoms with van der Waals surface area (Å²) in [5.74, 6) is 0. The van der Waals surface area contributed by atoms with Crippen molar-refractivity contribution in [3.05, 3.63) is 0 Å². The van der Waals surface area contributed by atoms with E-state index in [1.165, 1.54) is 6.42 Å². The van der Waals surface area contributed by atoms with Crippen molar-refractivity contribution in [1.82, 2.24) is 0 Å². The Morgan fingerprint density at radius 2 is 0.333 bits per heavy atom. The van der Waals surface area contributed by atoms with E-state index in [1.807, 2.05) is 83.1 Å². The van der Waals surface area contributed by atoms with E-state index in [2.05, 4.69) is 13.8 Å². The molecule has 0 fully saturated rings. The molecule has 0 atom stereocenters. The van der Waals surface area contributed by atoms with E-state index in [0.29, 0.717) is 0 Å². The molecule has 15 heavy (non-hydrogen) atoms. The number of hydrogen-bond acceptors (Lipinski definition) is 0. The summed E-state index contributed by atoms with van der Waals surface area (Å²) in [5.41, 5.74) is 0. The van der Waals surface area contributed by atoms with Crippen molar-refractivity contribution in [1.29, 1.82) is 0 Å². The molecule has 0 saturated carbocycles. The molecule has 0 saturated heterocycles. The highest BCUT2D eigenvalue weighted by Gasteiger charge is 1.35. The van der Waals surface area contributed by atoms with E-state index < -0.39 is 0 Å².